The molecule has 2 amide bonds. The number of nitrogens with zero attached hydrogens (tertiary/aromatic N) is 1. The van der Waals surface area contributed by atoms with Crippen LogP contribution < -0.4 is 5.32 Å². The Bertz CT molecular complexity index is 575. The zero-order valence-corrected chi connectivity index (χ0v) is 12.5. The third-order valence-electron chi connectivity index (χ3n) is 4.15. The van der Waals surface area contributed by atoms with Crippen molar-refractivity contribution in [2.24, 2.45) is 0 Å². The van der Waals surface area contributed by atoms with Gasteiger partial charge in [-0.25, -0.2) is 0 Å². The van der Waals surface area contributed by atoms with Crippen LogP contribution >= 0.6 is 11.8 Å². The lowest BCUT2D eigenvalue weighted by Crippen LogP contribution is -2.48. The molecule has 2 aliphatic rings. The zero-order valence-electron chi connectivity index (χ0n) is 11.7. The molecule has 3 rings (SSSR count). The maximum Gasteiger partial charge on any atom is 0.248 e. The molecule has 0 unspecified atom stereocenters. The minimum Gasteiger partial charge on any atom is -0.324 e. The third-order valence-corrected chi connectivity index (χ3v) is 5.66. The van der Waals surface area contributed by atoms with Gasteiger partial charge >= 0.3 is 0 Å². The molecular weight excluding hydrogens is 272 g/mol. The molecular formula is C15H18N2O2S. The van der Waals surface area contributed by atoms with Gasteiger partial charge in [0.25, 0.3) is 0 Å². The Morgan fingerprint density at radius 1 is 1.45 bits per heavy atom. The molecule has 2 atom stereocenters. The number of carbonyl (C=O) groups excluding carboxylic acids is 2. The highest BCUT2D eigenvalue weighted by molar-refractivity contribution is 8.01. The van der Waals surface area contributed by atoms with Gasteiger partial charge in [-0.1, -0.05) is 18.2 Å². The molecule has 20 heavy (non-hydrogen) atoms. The lowest BCUT2D eigenvalue weighted by Gasteiger charge is -2.29. The van der Waals surface area contributed by atoms with E-state index in [1.165, 1.54) is 0 Å². The van der Waals surface area contributed by atoms with E-state index >= 15 is 0 Å². The summed E-state index contributed by atoms with van der Waals surface area (Å²) < 4.78 is 0. The monoisotopic (exact) mass is 290 g/mol. The number of benzene rings is 1. The van der Waals surface area contributed by atoms with E-state index in [1.807, 2.05) is 31.2 Å². The maximum atomic E-state index is 12.5. The summed E-state index contributed by atoms with van der Waals surface area (Å²) in [6.45, 7) is 4.02. The molecule has 4 nitrogen and oxygen atoms in total. The quantitative estimate of drug-likeness (QED) is 0.910. The Morgan fingerprint density at radius 2 is 2.20 bits per heavy atom. The van der Waals surface area contributed by atoms with Gasteiger partial charge in [-0.15, -0.1) is 11.8 Å². The fraction of sp³-hybridized carbons (Fsp3) is 0.467. The largest absolute Gasteiger partial charge is 0.324 e. The van der Waals surface area contributed by atoms with E-state index in [-0.39, 0.29) is 22.7 Å². The van der Waals surface area contributed by atoms with Gasteiger partial charge in [0.05, 0.1) is 4.87 Å². The van der Waals surface area contributed by atoms with Crippen molar-refractivity contribution >= 4 is 29.3 Å². The van der Waals surface area contributed by atoms with Crippen molar-refractivity contribution in [1.29, 1.82) is 0 Å². The van der Waals surface area contributed by atoms with Crippen molar-refractivity contribution in [3.8, 4) is 0 Å². The van der Waals surface area contributed by atoms with Crippen molar-refractivity contribution in [2.75, 3.05) is 11.1 Å². The maximum absolute atomic E-state index is 12.5. The first-order valence-electron chi connectivity index (χ1n) is 6.84. The first kappa shape index (κ1) is 13.5. The SMILES string of the molecule is Cc1ccccc1NC(=O)[C@H]1CS[C@@]2(C)CCC(=O)N12. The lowest BCUT2D eigenvalue weighted by atomic mass is 10.1. The average molecular weight is 290 g/mol. The number of hydrogen-bond acceptors (Lipinski definition) is 3. The number of fused-ring (bicyclic) bond motifs is 1. The van der Waals surface area contributed by atoms with Crippen molar-refractivity contribution in [2.45, 2.75) is 37.6 Å². The standard InChI is InChI=1S/C15H18N2O2S/c1-10-5-3-4-6-11(10)16-14(19)12-9-20-15(2)8-7-13(18)17(12)15/h3-6,12H,7-9H2,1-2H3,(H,16,19)/t12-,15+/m1/s1. The highest BCUT2D eigenvalue weighted by atomic mass is 32.2. The van der Waals surface area contributed by atoms with E-state index in [0.29, 0.717) is 12.2 Å². The molecule has 0 aliphatic carbocycles. The lowest BCUT2D eigenvalue weighted by molar-refractivity contribution is -0.135. The van der Waals surface area contributed by atoms with E-state index in [9.17, 15) is 9.59 Å². The van der Waals surface area contributed by atoms with Crippen LogP contribution in [-0.4, -0.2) is 33.4 Å². The predicted molar refractivity (Wildman–Crippen MR) is 80.5 cm³/mol. The second-order valence-electron chi connectivity index (χ2n) is 5.57. The molecule has 5 heteroatoms. The van der Waals surface area contributed by atoms with Crippen molar-refractivity contribution in [3.05, 3.63) is 29.8 Å². The van der Waals surface area contributed by atoms with Gasteiger partial charge in [0.1, 0.15) is 6.04 Å². The molecule has 106 valence electrons. The number of para-hydroxylation sites is 1. The van der Waals surface area contributed by atoms with Crippen LogP contribution in [0.4, 0.5) is 5.69 Å². The zero-order chi connectivity index (χ0) is 14.3. The summed E-state index contributed by atoms with van der Waals surface area (Å²) in [7, 11) is 0. The summed E-state index contributed by atoms with van der Waals surface area (Å²) >= 11 is 1.71. The summed E-state index contributed by atoms with van der Waals surface area (Å²) in [6, 6.07) is 7.35. The molecule has 1 aromatic rings. The predicted octanol–water partition coefficient (Wildman–Crippen LogP) is 2.39. The van der Waals surface area contributed by atoms with Gasteiger partial charge < -0.3 is 10.2 Å². The number of carbonyl (C=O) groups is 2. The van der Waals surface area contributed by atoms with Crippen molar-refractivity contribution < 1.29 is 9.59 Å². The fourth-order valence-corrected chi connectivity index (χ4v) is 4.38. The van der Waals surface area contributed by atoms with Gasteiger partial charge in [0.15, 0.2) is 0 Å². The number of nitrogens with one attached hydrogen (secondary N) is 1. The Balaban J connectivity index is 1.79. The summed E-state index contributed by atoms with van der Waals surface area (Å²) in [5, 5.41) is 2.96. The molecule has 0 radical (unpaired) electrons. The molecule has 2 heterocycles. The minimum atomic E-state index is -0.348. The van der Waals surface area contributed by atoms with E-state index in [2.05, 4.69) is 12.2 Å². The number of hydrogen-bond donors (Lipinski definition) is 1. The van der Waals surface area contributed by atoms with Gasteiger partial charge in [-0.05, 0) is 31.9 Å². The summed E-state index contributed by atoms with van der Waals surface area (Å²) in [6.07, 6.45) is 1.39. The summed E-state index contributed by atoms with van der Waals surface area (Å²) in [4.78, 5) is 26.1. The van der Waals surface area contributed by atoms with Crippen LogP contribution in [0.2, 0.25) is 0 Å². The molecule has 2 fully saturated rings. The van der Waals surface area contributed by atoms with Gasteiger partial charge in [0.2, 0.25) is 11.8 Å². The highest BCUT2D eigenvalue weighted by Crippen LogP contribution is 2.47. The van der Waals surface area contributed by atoms with Crippen LogP contribution in [0.1, 0.15) is 25.3 Å². The Labute approximate surface area is 122 Å². The first-order valence-corrected chi connectivity index (χ1v) is 7.82. The average Bonchev–Trinajstić information content (AvgIpc) is 2.90. The number of rotatable bonds is 2. The van der Waals surface area contributed by atoms with E-state index in [1.54, 1.807) is 16.7 Å². The van der Waals surface area contributed by atoms with E-state index in [0.717, 1.165) is 17.7 Å². The number of aryl methyl sites for hydroxylation is 1. The smallest absolute Gasteiger partial charge is 0.248 e. The fourth-order valence-electron chi connectivity index (χ4n) is 2.94. The van der Waals surface area contributed by atoms with Crippen molar-refractivity contribution in [3.63, 3.8) is 0 Å². The van der Waals surface area contributed by atoms with Gasteiger partial charge in [-0.2, -0.15) is 0 Å². The van der Waals surface area contributed by atoms with Crippen LogP contribution in [-0.2, 0) is 9.59 Å². The highest BCUT2D eigenvalue weighted by Gasteiger charge is 2.52. The van der Waals surface area contributed by atoms with E-state index in [4.69, 9.17) is 0 Å². The number of thioether (sulfide) groups is 1. The normalized spacial score (nSPS) is 28.6. The molecule has 1 N–H and O–H groups in total. The van der Waals surface area contributed by atoms with Crippen LogP contribution in [0.15, 0.2) is 24.3 Å². The Kier molecular flexibility index (Phi) is 3.24. The van der Waals surface area contributed by atoms with Gasteiger partial charge in [0, 0.05) is 17.9 Å². The topological polar surface area (TPSA) is 49.4 Å². The van der Waals surface area contributed by atoms with Gasteiger partial charge in [-0.3, -0.25) is 9.59 Å². The third kappa shape index (κ3) is 2.10. The summed E-state index contributed by atoms with van der Waals surface area (Å²) in [5.41, 5.74) is 1.85. The molecule has 0 aromatic heterocycles. The number of anilines is 1. The Morgan fingerprint density at radius 3 is 2.95 bits per heavy atom. The molecule has 0 spiro atoms. The molecule has 2 aliphatic heterocycles. The van der Waals surface area contributed by atoms with E-state index < -0.39 is 0 Å². The second kappa shape index (κ2) is 4.81. The number of amides is 2. The second-order valence-corrected chi connectivity index (χ2v) is 7.07. The Hall–Kier alpha value is -1.49. The molecule has 2 saturated heterocycles. The van der Waals surface area contributed by atoms with Crippen LogP contribution in [0, 0.1) is 6.92 Å². The molecule has 0 saturated carbocycles. The van der Waals surface area contributed by atoms with Crippen LogP contribution in [0.25, 0.3) is 0 Å². The molecule has 1 aromatic carbocycles. The van der Waals surface area contributed by atoms with Crippen LogP contribution in [0.3, 0.4) is 0 Å². The first-order chi connectivity index (χ1) is 9.51. The molecule has 0 bridgehead atoms. The van der Waals surface area contributed by atoms with Crippen LogP contribution in [0.5, 0.6) is 0 Å². The summed E-state index contributed by atoms with van der Waals surface area (Å²) in [5.74, 6) is 0.702. The van der Waals surface area contributed by atoms with Crippen molar-refractivity contribution in [1.82, 2.24) is 4.90 Å². The minimum absolute atomic E-state index is 0.0780.